The summed E-state index contributed by atoms with van der Waals surface area (Å²) in [5.41, 5.74) is 0.878. The summed E-state index contributed by atoms with van der Waals surface area (Å²) in [7, 11) is -4.24. The minimum atomic E-state index is -4.24. The molecule has 3 heterocycles. The first-order valence-corrected chi connectivity index (χ1v) is 10.8. The van der Waals surface area contributed by atoms with Crippen LogP contribution >= 0.6 is 23.2 Å². The van der Waals surface area contributed by atoms with E-state index in [0.717, 1.165) is 0 Å². The van der Waals surface area contributed by atoms with Gasteiger partial charge in [0.05, 0.1) is 17.0 Å². The number of ketones is 1. The summed E-state index contributed by atoms with van der Waals surface area (Å²) < 4.78 is 36.5. The summed E-state index contributed by atoms with van der Waals surface area (Å²) in [6, 6.07) is 6.89. The number of nitrogens with one attached hydrogen (secondary N) is 2. The highest BCUT2D eigenvalue weighted by atomic mass is 35.5. The third-order valence-electron chi connectivity index (χ3n) is 4.36. The lowest BCUT2D eigenvalue weighted by atomic mass is 10.0. The van der Waals surface area contributed by atoms with Crippen LogP contribution in [0.1, 0.15) is 23.0 Å². The molecule has 7 nitrogen and oxygen atoms in total. The van der Waals surface area contributed by atoms with Crippen LogP contribution in [-0.4, -0.2) is 29.2 Å². The van der Waals surface area contributed by atoms with Gasteiger partial charge in [0, 0.05) is 34.6 Å². The standard InChI is InChI=1S/C20H14Cl2N4O3S/c1-11-8-13(2-3-16(11)22)30(28,29)26-17-9-12(21)10-25-18(17)19(27)14-4-6-23-20-15(14)5-7-24-20/h2-10,26H,1H3,(H,23,24)/i8D. The van der Waals surface area contributed by atoms with E-state index in [1.807, 2.05) is 0 Å². The van der Waals surface area contributed by atoms with Crippen molar-refractivity contribution >= 4 is 55.7 Å². The second-order valence-electron chi connectivity index (χ2n) is 6.38. The summed E-state index contributed by atoms with van der Waals surface area (Å²) in [5.74, 6) is -0.514. The van der Waals surface area contributed by atoms with E-state index in [4.69, 9.17) is 24.6 Å². The molecule has 0 bridgehead atoms. The van der Waals surface area contributed by atoms with Crippen LogP contribution in [0.25, 0.3) is 11.0 Å². The van der Waals surface area contributed by atoms with Gasteiger partial charge < -0.3 is 4.98 Å². The fraction of sp³-hybridized carbons (Fsp3) is 0.0500. The number of H-pyrrole nitrogens is 1. The quantitative estimate of drug-likeness (QED) is 0.422. The maximum absolute atomic E-state index is 13.2. The van der Waals surface area contributed by atoms with Crippen LogP contribution in [-0.2, 0) is 10.0 Å². The number of aromatic amines is 1. The van der Waals surface area contributed by atoms with Crippen LogP contribution in [0.5, 0.6) is 0 Å². The molecule has 0 aliphatic rings. The smallest absolute Gasteiger partial charge is 0.261 e. The van der Waals surface area contributed by atoms with Gasteiger partial charge in [0.15, 0.2) is 0 Å². The van der Waals surface area contributed by atoms with Crippen molar-refractivity contribution in [1.29, 1.82) is 0 Å². The van der Waals surface area contributed by atoms with Crippen molar-refractivity contribution in [2.45, 2.75) is 11.8 Å². The number of pyridine rings is 2. The molecule has 0 saturated carbocycles. The van der Waals surface area contributed by atoms with Crippen LogP contribution in [0.3, 0.4) is 0 Å². The molecule has 4 aromatic rings. The molecule has 30 heavy (non-hydrogen) atoms. The van der Waals surface area contributed by atoms with Gasteiger partial charge in [0.1, 0.15) is 11.3 Å². The first kappa shape index (κ1) is 19.0. The van der Waals surface area contributed by atoms with E-state index in [2.05, 4.69) is 19.7 Å². The number of halogens is 2. The molecule has 0 unspecified atom stereocenters. The topological polar surface area (TPSA) is 105 Å². The van der Waals surface area contributed by atoms with E-state index in [1.165, 1.54) is 36.7 Å². The first-order valence-electron chi connectivity index (χ1n) is 9.10. The van der Waals surface area contributed by atoms with Crippen molar-refractivity contribution in [2.24, 2.45) is 0 Å². The summed E-state index contributed by atoms with van der Waals surface area (Å²) in [6.07, 6.45) is 4.37. The third kappa shape index (κ3) is 3.77. The number of hydrogen-bond donors (Lipinski definition) is 2. The molecule has 0 atom stereocenters. The highest BCUT2D eigenvalue weighted by Crippen LogP contribution is 2.27. The average Bonchev–Trinajstić information content (AvgIpc) is 3.20. The van der Waals surface area contributed by atoms with E-state index < -0.39 is 15.8 Å². The number of rotatable bonds is 5. The van der Waals surface area contributed by atoms with Crippen molar-refractivity contribution in [1.82, 2.24) is 15.0 Å². The van der Waals surface area contributed by atoms with Gasteiger partial charge in [-0.15, -0.1) is 0 Å². The second kappa shape index (κ2) is 7.71. The lowest BCUT2D eigenvalue weighted by Gasteiger charge is -2.13. The molecular formula is C20H14Cl2N4O3S. The monoisotopic (exact) mass is 461 g/mol. The molecule has 3 aromatic heterocycles. The Morgan fingerprint density at radius 3 is 2.80 bits per heavy atom. The van der Waals surface area contributed by atoms with Gasteiger partial charge >= 0.3 is 0 Å². The van der Waals surface area contributed by atoms with Crippen LogP contribution in [0.2, 0.25) is 10.0 Å². The fourth-order valence-corrected chi connectivity index (χ4v) is 4.26. The van der Waals surface area contributed by atoms with E-state index in [0.29, 0.717) is 22.2 Å². The molecule has 2 N–H and O–H groups in total. The maximum atomic E-state index is 13.2. The molecule has 0 amide bonds. The Morgan fingerprint density at radius 1 is 1.20 bits per heavy atom. The van der Waals surface area contributed by atoms with Crippen LogP contribution in [0.15, 0.2) is 59.9 Å². The Morgan fingerprint density at radius 2 is 2.00 bits per heavy atom. The van der Waals surface area contributed by atoms with Gasteiger partial charge in [0.2, 0.25) is 5.78 Å². The van der Waals surface area contributed by atoms with Gasteiger partial charge in [-0.25, -0.2) is 18.4 Å². The van der Waals surface area contributed by atoms with Gasteiger partial charge in [-0.3, -0.25) is 9.52 Å². The third-order valence-corrected chi connectivity index (χ3v) is 6.28. The summed E-state index contributed by atoms with van der Waals surface area (Å²) in [5, 5.41) is 0.978. The Bertz CT molecular complexity index is 1450. The number of hydrogen-bond acceptors (Lipinski definition) is 5. The van der Waals surface area contributed by atoms with Gasteiger partial charge in [-0.1, -0.05) is 23.2 Å². The molecule has 152 valence electrons. The number of carbonyl (C=O) groups excluding carboxylic acids is 1. The number of nitrogens with zero attached hydrogens (tertiary/aromatic N) is 2. The number of benzene rings is 1. The van der Waals surface area contributed by atoms with Gasteiger partial charge in [-0.2, -0.15) is 0 Å². The molecule has 0 aliphatic heterocycles. The molecular weight excluding hydrogens is 447 g/mol. The lowest BCUT2D eigenvalue weighted by molar-refractivity contribution is 0.103. The van der Waals surface area contributed by atoms with Crippen molar-refractivity contribution < 1.29 is 14.6 Å². The van der Waals surface area contributed by atoms with Crippen LogP contribution in [0.4, 0.5) is 5.69 Å². The summed E-state index contributed by atoms with van der Waals surface area (Å²) in [6.45, 7) is 1.55. The van der Waals surface area contributed by atoms with Crippen molar-refractivity contribution in [3.05, 3.63) is 81.8 Å². The fourth-order valence-electron chi connectivity index (χ4n) is 2.90. The largest absolute Gasteiger partial charge is 0.346 e. The molecule has 10 heteroatoms. The van der Waals surface area contributed by atoms with E-state index in [-0.39, 0.29) is 32.4 Å². The zero-order valence-electron chi connectivity index (χ0n) is 16.4. The second-order valence-corrected chi connectivity index (χ2v) is 8.87. The molecule has 0 fully saturated rings. The van der Waals surface area contributed by atoms with Gasteiger partial charge in [-0.05, 0) is 48.9 Å². The van der Waals surface area contributed by atoms with Crippen LogP contribution in [0, 0.1) is 6.92 Å². The Kier molecular flexibility index (Phi) is 4.90. The summed E-state index contributed by atoms with van der Waals surface area (Å²) >= 11 is 12.0. The average molecular weight is 462 g/mol. The van der Waals surface area contributed by atoms with Crippen molar-refractivity contribution in [3.8, 4) is 0 Å². The predicted molar refractivity (Wildman–Crippen MR) is 116 cm³/mol. The Labute approximate surface area is 183 Å². The lowest BCUT2D eigenvalue weighted by Crippen LogP contribution is -2.17. The Balaban J connectivity index is 1.80. The maximum Gasteiger partial charge on any atom is 0.261 e. The first-order chi connectivity index (χ1) is 14.7. The van der Waals surface area contributed by atoms with Crippen LogP contribution < -0.4 is 4.72 Å². The zero-order valence-corrected chi connectivity index (χ0v) is 17.7. The van der Waals surface area contributed by atoms with Crippen molar-refractivity contribution in [3.63, 3.8) is 0 Å². The number of sulfonamides is 1. The number of carbonyl (C=O) groups is 1. The van der Waals surface area contributed by atoms with Crippen molar-refractivity contribution in [2.75, 3.05) is 4.72 Å². The number of fused-ring (bicyclic) bond motifs is 1. The molecule has 0 radical (unpaired) electrons. The highest BCUT2D eigenvalue weighted by molar-refractivity contribution is 7.92. The molecule has 0 aliphatic carbocycles. The normalized spacial score (nSPS) is 12.0. The number of aromatic nitrogens is 3. The molecule has 4 rings (SSSR count). The van der Waals surface area contributed by atoms with E-state index in [9.17, 15) is 13.2 Å². The van der Waals surface area contributed by atoms with E-state index in [1.54, 1.807) is 19.2 Å². The molecule has 0 spiro atoms. The molecule has 1 aromatic carbocycles. The molecule has 0 saturated heterocycles. The summed E-state index contributed by atoms with van der Waals surface area (Å²) in [4.78, 5) is 24.1. The zero-order chi connectivity index (χ0) is 22.3. The van der Waals surface area contributed by atoms with Gasteiger partial charge in [0.25, 0.3) is 10.0 Å². The minimum Gasteiger partial charge on any atom is -0.346 e. The van der Waals surface area contributed by atoms with E-state index >= 15 is 0 Å². The predicted octanol–water partition coefficient (Wildman–Crippen LogP) is 4.60. The highest BCUT2D eigenvalue weighted by Gasteiger charge is 2.23. The SMILES string of the molecule is [2H]c1c(S(=O)(=O)Nc2cc(Cl)cnc2C(=O)c2ccnc3[nH]ccc23)ccc(Cl)c1C. The number of anilines is 1. The Hall–Kier alpha value is -2.94. The minimum absolute atomic E-state index is 0.106.